The summed E-state index contributed by atoms with van der Waals surface area (Å²) >= 11 is 0. The van der Waals surface area contributed by atoms with Crippen molar-refractivity contribution >= 4 is 5.91 Å². The van der Waals surface area contributed by atoms with E-state index < -0.39 is 0 Å². The van der Waals surface area contributed by atoms with Crippen LogP contribution in [0.15, 0.2) is 24.4 Å². The summed E-state index contributed by atoms with van der Waals surface area (Å²) in [6.07, 6.45) is 7.24. The Kier molecular flexibility index (Phi) is 5.05. The molecule has 5 heteroatoms. The van der Waals surface area contributed by atoms with E-state index >= 15 is 0 Å². The second-order valence-corrected chi connectivity index (χ2v) is 6.47. The van der Waals surface area contributed by atoms with Crippen molar-refractivity contribution in [3.63, 3.8) is 0 Å². The van der Waals surface area contributed by atoms with Gasteiger partial charge in [0, 0.05) is 37.4 Å². The van der Waals surface area contributed by atoms with E-state index in [4.69, 9.17) is 5.73 Å². The van der Waals surface area contributed by atoms with Crippen LogP contribution in [0.25, 0.3) is 0 Å². The summed E-state index contributed by atoms with van der Waals surface area (Å²) in [6, 6.07) is 6.52. The number of hydrogen-bond acceptors (Lipinski definition) is 4. The van der Waals surface area contributed by atoms with Crippen molar-refractivity contribution in [3.05, 3.63) is 30.1 Å². The molecule has 1 amide bonds. The molecule has 2 fully saturated rings. The molecule has 22 heavy (non-hydrogen) atoms. The number of nitrogens with zero attached hydrogens (tertiary/aromatic N) is 3. The van der Waals surface area contributed by atoms with Gasteiger partial charge in [-0.1, -0.05) is 12.5 Å². The average molecular weight is 302 g/mol. The van der Waals surface area contributed by atoms with Gasteiger partial charge in [-0.25, -0.2) is 0 Å². The molecule has 0 aromatic carbocycles. The molecule has 2 aliphatic heterocycles. The van der Waals surface area contributed by atoms with E-state index in [0.717, 1.165) is 57.6 Å². The fourth-order valence-electron chi connectivity index (χ4n) is 3.80. The Labute approximate surface area is 132 Å². The van der Waals surface area contributed by atoms with E-state index in [1.165, 1.54) is 6.42 Å². The summed E-state index contributed by atoms with van der Waals surface area (Å²) in [4.78, 5) is 20.9. The second-order valence-electron chi connectivity index (χ2n) is 6.47. The third-order valence-corrected chi connectivity index (χ3v) is 5.00. The van der Waals surface area contributed by atoms with Crippen LogP contribution in [-0.2, 0) is 11.2 Å². The monoisotopic (exact) mass is 302 g/mol. The Morgan fingerprint density at radius 2 is 2.18 bits per heavy atom. The van der Waals surface area contributed by atoms with E-state index in [2.05, 4.69) is 20.9 Å². The quantitative estimate of drug-likeness (QED) is 0.883. The number of pyridine rings is 1. The molecule has 0 aliphatic carbocycles. The topological polar surface area (TPSA) is 62.5 Å². The normalized spacial score (nSPS) is 27.1. The molecule has 3 rings (SSSR count). The summed E-state index contributed by atoms with van der Waals surface area (Å²) in [5, 5.41) is 0. The first-order valence-corrected chi connectivity index (χ1v) is 8.41. The van der Waals surface area contributed by atoms with Gasteiger partial charge < -0.3 is 10.6 Å². The molecule has 0 saturated carbocycles. The molecule has 2 saturated heterocycles. The van der Waals surface area contributed by atoms with Gasteiger partial charge in [-0.15, -0.1) is 0 Å². The maximum Gasteiger partial charge on any atom is 0.234 e. The molecule has 0 radical (unpaired) electrons. The van der Waals surface area contributed by atoms with E-state index in [0.29, 0.717) is 6.04 Å². The van der Waals surface area contributed by atoms with Crippen molar-refractivity contribution in [3.8, 4) is 0 Å². The van der Waals surface area contributed by atoms with Crippen LogP contribution in [0.1, 0.15) is 31.4 Å². The highest BCUT2D eigenvalue weighted by Crippen LogP contribution is 2.24. The van der Waals surface area contributed by atoms with E-state index in [1.54, 1.807) is 0 Å². The SMILES string of the molecule is NC(=O)C1CCCCN1C1CCN(CCc2ccccn2)C1. The lowest BCUT2D eigenvalue weighted by molar-refractivity contribution is -0.125. The number of aromatic nitrogens is 1. The van der Waals surface area contributed by atoms with Crippen molar-refractivity contribution in [2.45, 2.75) is 44.2 Å². The number of piperidine rings is 1. The lowest BCUT2D eigenvalue weighted by Crippen LogP contribution is -2.53. The van der Waals surface area contributed by atoms with Crippen LogP contribution in [-0.4, -0.2) is 59.0 Å². The molecule has 2 aliphatic rings. The highest BCUT2D eigenvalue weighted by molar-refractivity contribution is 5.80. The average Bonchev–Trinajstić information content (AvgIpc) is 3.03. The summed E-state index contributed by atoms with van der Waals surface area (Å²) < 4.78 is 0. The van der Waals surface area contributed by atoms with Crippen LogP contribution < -0.4 is 5.73 Å². The van der Waals surface area contributed by atoms with E-state index in [9.17, 15) is 4.79 Å². The standard InChI is InChI=1S/C17H26N4O/c18-17(22)16-6-2-4-10-21(16)15-8-12-20(13-15)11-7-14-5-1-3-9-19-14/h1,3,5,9,15-16H,2,4,6-8,10-13H2,(H2,18,22). The molecule has 1 aromatic heterocycles. The molecule has 5 nitrogen and oxygen atoms in total. The minimum absolute atomic E-state index is 0.0468. The number of carbonyl (C=O) groups excluding carboxylic acids is 1. The fourth-order valence-corrected chi connectivity index (χ4v) is 3.80. The Hall–Kier alpha value is -1.46. The van der Waals surface area contributed by atoms with Gasteiger partial charge in [0.25, 0.3) is 0 Å². The number of carbonyl (C=O) groups is 1. The third kappa shape index (κ3) is 3.65. The van der Waals surface area contributed by atoms with Crippen molar-refractivity contribution in [2.24, 2.45) is 5.73 Å². The first-order chi connectivity index (χ1) is 10.7. The second kappa shape index (κ2) is 7.20. The number of primary amides is 1. The molecule has 1 aromatic rings. The molecule has 2 N–H and O–H groups in total. The molecule has 0 bridgehead atoms. The molecule has 2 atom stereocenters. The number of nitrogens with two attached hydrogens (primary N) is 1. The lowest BCUT2D eigenvalue weighted by atomic mass is 9.99. The maximum atomic E-state index is 11.7. The smallest absolute Gasteiger partial charge is 0.234 e. The summed E-state index contributed by atoms with van der Waals surface area (Å²) in [7, 11) is 0. The summed E-state index contributed by atoms with van der Waals surface area (Å²) in [6.45, 7) is 4.23. The van der Waals surface area contributed by atoms with E-state index in [-0.39, 0.29) is 11.9 Å². The Bertz CT molecular complexity index is 493. The van der Waals surface area contributed by atoms with Gasteiger partial charge in [0.15, 0.2) is 0 Å². The number of likely N-dealkylation sites (tertiary alicyclic amines) is 2. The zero-order valence-electron chi connectivity index (χ0n) is 13.2. The van der Waals surface area contributed by atoms with Gasteiger partial charge in [-0.05, 0) is 44.5 Å². The first kappa shape index (κ1) is 15.4. The maximum absolute atomic E-state index is 11.7. The van der Waals surface area contributed by atoms with Crippen LogP contribution in [0.5, 0.6) is 0 Å². The van der Waals surface area contributed by atoms with Crippen molar-refractivity contribution in [2.75, 3.05) is 26.2 Å². The Morgan fingerprint density at radius 3 is 2.95 bits per heavy atom. The predicted octanol–water partition coefficient (Wildman–Crippen LogP) is 1.04. The largest absolute Gasteiger partial charge is 0.368 e. The number of rotatable bonds is 5. The van der Waals surface area contributed by atoms with E-state index in [1.807, 2.05) is 18.3 Å². The minimum Gasteiger partial charge on any atom is -0.368 e. The van der Waals surface area contributed by atoms with Crippen LogP contribution >= 0.6 is 0 Å². The van der Waals surface area contributed by atoms with Gasteiger partial charge in [-0.2, -0.15) is 0 Å². The van der Waals surface area contributed by atoms with Gasteiger partial charge >= 0.3 is 0 Å². The summed E-state index contributed by atoms with van der Waals surface area (Å²) in [5.41, 5.74) is 6.74. The molecule has 2 unspecified atom stereocenters. The van der Waals surface area contributed by atoms with Crippen LogP contribution in [0.3, 0.4) is 0 Å². The number of hydrogen-bond donors (Lipinski definition) is 1. The molecule has 3 heterocycles. The van der Waals surface area contributed by atoms with Crippen molar-refractivity contribution in [1.82, 2.24) is 14.8 Å². The van der Waals surface area contributed by atoms with Crippen molar-refractivity contribution in [1.29, 1.82) is 0 Å². The predicted molar refractivity (Wildman–Crippen MR) is 86.3 cm³/mol. The van der Waals surface area contributed by atoms with Gasteiger partial charge in [-0.3, -0.25) is 14.7 Å². The van der Waals surface area contributed by atoms with Crippen LogP contribution in [0, 0.1) is 0 Å². The molecular weight excluding hydrogens is 276 g/mol. The fraction of sp³-hybridized carbons (Fsp3) is 0.647. The molecular formula is C17H26N4O. The zero-order chi connectivity index (χ0) is 15.4. The van der Waals surface area contributed by atoms with Crippen LogP contribution in [0.4, 0.5) is 0 Å². The third-order valence-electron chi connectivity index (χ3n) is 5.00. The van der Waals surface area contributed by atoms with Crippen LogP contribution in [0.2, 0.25) is 0 Å². The highest BCUT2D eigenvalue weighted by Gasteiger charge is 2.35. The van der Waals surface area contributed by atoms with Crippen molar-refractivity contribution < 1.29 is 4.79 Å². The number of amides is 1. The van der Waals surface area contributed by atoms with Gasteiger partial charge in [0.05, 0.1) is 6.04 Å². The molecule has 120 valence electrons. The van der Waals surface area contributed by atoms with Gasteiger partial charge in [0.2, 0.25) is 5.91 Å². The van der Waals surface area contributed by atoms with Gasteiger partial charge in [0.1, 0.15) is 0 Å². The minimum atomic E-state index is -0.147. The Balaban J connectivity index is 1.52. The zero-order valence-corrected chi connectivity index (χ0v) is 13.2. The molecule has 0 spiro atoms. The summed E-state index contributed by atoms with van der Waals surface area (Å²) in [5.74, 6) is -0.147. The Morgan fingerprint density at radius 1 is 1.27 bits per heavy atom. The first-order valence-electron chi connectivity index (χ1n) is 8.41. The lowest BCUT2D eigenvalue weighted by Gasteiger charge is -2.38. The highest BCUT2D eigenvalue weighted by atomic mass is 16.1.